The third-order valence-electron chi connectivity index (χ3n) is 6.02. The van der Waals surface area contributed by atoms with Crippen molar-refractivity contribution in [2.45, 2.75) is 26.3 Å². The lowest BCUT2D eigenvalue weighted by Gasteiger charge is -2.26. The lowest BCUT2D eigenvalue weighted by Crippen LogP contribution is -2.20. The van der Waals surface area contributed by atoms with Gasteiger partial charge in [0.2, 0.25) is 0 Å². The Hall–Kier alpha value is -4.21. The molecule has 0 spiro atoms. The number of ether oxygens (including phenoxy) is 3. The Bertz CT molecular complexity index is 1360. The molecule has 2 heterocycles. The summed E-state index contributed by atoms with van der Waals surface area (Å²) in [6.07, 6.45) is 5.77. The van der Waals surface area contributed by atoms with Crippen LogP contribution in [-0.2, 0) is 16.1 Å². The monoisotopic (exact) mass is 488 g/mol. The van der Waals surface area contributed by atoms with Gasteiger partial charge in [-0.3, -0.25) is 9.78 Å². The molecule has 0 atom stereocenters. The number of aromatic nitrogens is 5. The van der Waals surface area contributed by atoms with Gasteiger partial charge in [-0.1, -0.05) is 5.21 Å². The molecule has 1 saturated carbocycles. The van der Waals surface area contributed by atoms with Gasteiger partial charge in [0.15, 0.2) is 0 Å². The minimum atomic E-state index is -0.367. The molecule has 2 aromatic carbocycles. The number of carbonyl (C=O) groups is 1. The lowest BCUT2D eigenvalue weighted by molar-refractivity contribution is -0.144. The molecule has 0 bridgehead atoms. The third-order valence-corrected chi connectivity index (χ3v) is 6.02. The van der Waals surface area contributed by atoms with Crippen LogP contribution in [0, 0.1) is 5.92 Å². The zero-order valence-electron chi connectivity index (χ0n) is 20.5. The van der Waals surface area contributed by atoms with Crippen molar-refractivity contribution in [3.63, 3.8) is 0 Å². The Morgan fingerprint density at radius 3 is 2.50 bits per heavy atom. The summed E-state index contributed by atoms with van der Waals surface area (Å²) in [7, 11) is 3.31. The molecule has 4 aromatic rings. The topological polar surface area (TPSA) is 104 Å². The van der Waals surface area contributed by atoms with Gasteiger partial charge in [0, 0.05) is 36.1 Å². The van der Waals surface area contributed by atoms with E-state index in [-0.39, 0.29) is 12.5 Å². The predicted molar refractivity (Wildman–Crippen MR) is 134 cm³/mol. The van der Waals surface area contributed by atoms with Gasteiger partial charge in [-0.05, 0) is 43.9 Å². The molecule has 2 aromatic heterocycles. The smallest absolute Gasteiger partial charge is 0.327 e. The summed E-state index contributed by atoms with van der Waals surface area (Å²) in [6, 6.07) is 11.9. The van der Waals surface area contributed by atoms with E-state index >= 15 is 0 Å². The molecule has 5 rings (SSSR count). The lowest BCUT2D eigenvalue weighted by atomic mass is 10.1. The number of esters is 1. The van der Waals surface area contributed by atoms with E-state index in [0.29, 0.717) is 23.9 Å². The second kappa shape index (κ2) is 10.2. The molecule has 10 nitrogen and oxygen atoms in total. The van der Waals surface area contributed by atoms with Crippen LogP contribution in [0.5, 0.6) is 11.5 Å². The summed E-state index contributed by atoms with van der Waals surface area (Å²) in [6.45, 7) is 2.96. The Kier molecular flexibility index (Phi) is 6.66. The predicted octanol–water partition coefficient (Wildman–Crippen LogP) is 4.02. The first-order chi connectivity index (χ1) is 17.6. The van der Waals surface area contributed by atoms with Crippen LogP contribution in [-0.4, -0.2) is 58.3 Å². The minimum absolute atomic E-state index is 0.00781. The molecule has 0 aliphatic heterocycles. The maximum absolute atomic E-state index is 11.8. The molecule has 0 saturated heterocycles. The van der Waals surface area contributed by atoms with Gasteiger partial charge in [-0.25, -0.2) is 9.67 Å². The van der Waals surface area contributed by atoms with E-state index in [4.69, 9.17) is 19.2 Å². The standard InChI is InChI=1S/C26H28N6O4/c1-4-36-26(33)16-31-15-25(29-30-31)24-13-27-22-8-7-18(11-23(22)28-24)32(14-17-5-6-17)19-9-20(34-2)12-21(10-19)35-3/h7-13,15,17H,4-6,14,16H2,1-3H3. The summed E-state index contributed by atoms with van der Waals surface area (Å²) in [4.78, 5) is 23.4. The average Bonchev–Trinajstić information content (AvgIpc) is 3.61. The van der Waals surface area contributed by atoms with Crippen molar-refractivity contribution in [2.75, 3.05) is 32.3 Å². The number of anilines is 2. The van der Waals surface area contributed by atoms with E-state index in [9.17, 15) is 4.79 Å². The molecule has 1 fully saturated rings. The van der Waals surface area contributed by atoms with Crippen LogP contribution >= 0.6 is 0 Å². The fourth-order valence-electron chi connectivity index (χ4n) is 3.99. The second-order valence-corrected chi connectivity index (χ2v) is 8.66. The molecule has 0 unspecified atom stereocenters. The van der Waals surface area contributed by atoms with Crippen LogP contribution in [0.2, 0.25) is 0 Å². The number of hydrogen-bond acceptors (Lipinski definition) is 9. The molecule has 186 valence electrons. The highest BCUT2D eigenvalue weighted by molar-refractivity contribution is 5.82. The Morgan fingerprint density at radius 2 is 1.81 bits per heavy atom. The van der Waals surface area contributed by atoms with Gasteiger partial charge >= 0.3 is 5.97 Å². The molecular weight excluding hydrogens is 460 g/mol. The van der Waals surface area contributed by atoms with Crippen molar-refractivity contribution >= 4 is 28.4 Å². The number of rotatable bonds is 10. The average molecular weight is 489 g/mol. The van der Waals surface area contributed by atoms with Crippen molar-refractivity contribution < 1.29 is 19.0 Å². The van der Waals surface area contributed by atoms with Crippen molar-refractivity contribution in [3.05, 3.63) is 48.8 Å². The summed E-state index contributed by atoms with van der Waals surface area (Å²) >= 11 is 0. The summed E-state index contributed by atoms with van der Waals surface area (Å²) < 4.78 is 17.4. The highest BCUT2D eigenvalue weighted by Gasteiger charge is 2.26. The number of fused-ring (bicyclic) bond motifs is 1. The SMILES string of the molecule is CCOC(=O)Cn1cc(-c2cnc3ccc(N(CC4CC4)c4cc(OC)cc(OC)c4)cc3n2)nn1. The first-order valence-corrected chi connectivity index (χ1v) is 11.9. The van der Waals surface area contributed by atoms with Crippen molar-refractivity contribution in [1.82, 2.24) is 25.0 Å². The van der Waals surface area contributed by atoms with Gasteiger partial charge in [0.1, 0.15) is 29.4 Å². The molecular formula is C26H28N6O4. The maximum Gasteiger partial charge on any atom is 0.327 e. The van der Waals surface area contributed by atoms with Gasteiger partial charge < -0.3 is 19.1 Å². The fraction of sp³-hybridized carbons (Fsp3) is 0.346. The highest BCUT2D eigenvalue weighted by Crippen LogP contribution is 2.38. The zero-order valence-corrected chi connectivity index (χ0v) is 20.5. The molecule has 36 heavy (non-hydrogen) atoms. The van der Waals surface area contributed by atoms with Crippen LogP contribution in [0.4, 0.5) is 11.4 Å². The molecule has 1 aliphatic carbocycles. The molecule has 0 radical (unpaired) electrons. The second-order valence-electron chi connectivity index (χ2n) is 8.66. The van der Waals surface area contributed by atoms with Crippen LogP contribution in [0.25, 0.3) is 22.4 Å². The Balaban J connectivity index is 1.48. The first kappa shape index (κ1) is 23.5. The normalized spacial score (nSPS) is 13.0. The van der Waals surface area contributed by atoms with Crippen molar-refractivity contribution in [1.29, 1.82) is 0 Å². The summed E-state index contributed by atoms with van der Waals surface area (Å²) in [5, 5.41) is 8.18. The van der Waals surface area contributed by atoms with E-state index in [1.54, 1.807) is 33.5 Å². The fourth-order valence-corrected chi connectivity index (χ4v) is 3.99. The Labute approximate surface area is 208 Å². The number of hydrogen-bond donors (Lipinski definition) is 0. The minimum Gasteiger partial charge on any atom is -0.497 e. The summed E-state index contributed by atoms with van der Waals surface area (Å²) in [5.41, 5.74) is 4.61. The number of nitrogens with zero attached hydrogens (tertiary/aromatic N) is 6. The van der Waals surface area contributed by atoms with Crippen LogP contribution in [0.3, 0.4) is 0 Å². The van der Waals surface area contributed by atoms with Crippen molar-refractivity contribution in [2.24, 2.45) is 5.92 Å². The van der Waals surface area contributed by atoms with Crippen molar-refractivity contribution in [3.8, 4) is 22.9 Å². The molecule has 10 heteroatoms. The van der Waals surface area contributed by atoms with E-state index in [1.807, 2.05) is 30.3 Å². The number of carbonyl (C=O) groups excluding carboxylic acids is 1. The number of benzene rings is 2. The summed E-state index contributed by atoms with van der Waals surface area (Å²) in [5.74, 6) is 1.75. The third kappa shape index (κ3) is 5.22. The Morgan fingerprint density at radius 1 is 1.03 bits per heavy atom. The van der Waals surface area contributed by atoms with Gasteiger partial charge in [0.05, 0.1) is 44.3 Å². The van der Waals surface area contributed by atoms with Crippen LogP contribution in [0.1, 0.15) is 19.8 Å². The van der Waals surface area contributed by atoms with E-state index < -0.39 is 0 Å². The van der Waals surface area contributed by atoms with Gasteiger partial charge in [0.25, 0.3) is 0 Å². The maximum atomic E-state index is 11.8. The van der Waals surface area contributed by atoms with Crippen LogP contribution in [0.15, 0.2) is 48.8 Å². The largest absolute Gasteiger partial charge is 0.497 e. The van der Waals surface area contributed by atoms with E-state index in [0.717, 1.165) is 40.5 Å². The highest BCUT2D eigenvalue weighted by atomic mass is 16.5. The van der Waals surface area contributed by atoms with E-state index in [1.165, 1.54) is 17.5 Å². The molecule has 0 N–H and O–H groups in total. The number of methoxy groups -OCH3 is 2. The first-order valence-electron chi connectivity index (χ1n) is 11.9. The molecule has 1 aliphatic rings. The molecule has 0 amide bonds. The zero-order chi connectivity index (χ0) is 25.1. The van der Waals surface area contributed by atoms with Gasteiger partial charge in [-0.2, -0.15) is 0 Å². The van der Waals surface area contributed by atoms with Gasteiger partial charge in [-0.15, -0.1) is 5.10 Å². The quantitative estimate of drug-likeness (QED) is 0.306. The van der Waals surface area contributed by atoms with Crippen LogP contribution < -0.4 is 14.4 Å². The van der Waals surface area contributed by atoms with E-state index in [2.05, 4.69) is 26.3 Å².